The molecule has 2 heteroatoms. The van der Waals surface area contributed by atoms with E-state index in [0.717, 1.165) is 44.9 Å². The van der Waals surface area contributed by atoms with Gasteiger partial charge < -0.3 is 4.79 Å². The maximum absolute atomic E-state index is 11.6. The van der Waals surface area contributed by atoms with Crippen molar-refractivity contribution in [3.05, 3.63) is 0 Å². The zero-order valence-corrected chi connectivity index (χ0v) is 12.3. The number of carbonyl (C=O) groups excluding carboxylic acids is 2. The van der Waals surface area contributed by atoms with E-state index >= 15 is 0 Å². The number of hydrogen-bond donors (Lipinski definition) is 0. The summed E-state index contributed by atoms with van der Waals surface area (Å²) in [6.07, 6.45) is 12.5. The Bertz CT molecular complexity index is 221. The second-order valence-corrected chi connectivity index (χ2v) is 5.32. The minimum atomic E-state index is 0.276. The van der Waals surface area contributed by atoms with Crippen LogP contribution in [0.4, 0.5) is 0 Å². The third-order valence-corrected chi connectivity index (χ3v) is 3.29. The highest BCUT2D eigenvalue weighted by atomic mass is 16.1. The smallest absolute Gasteiger partial charge is 0.132 e. The lowest BCUT2D eigenvalue weighted by Gasteiger charge is -2.02. The van der Waals surface area contributed by atoms with Crippen LogP contribution in [0.3, 0.4) is 0 Å². The molecule has 0 rings (SSSR count). The summed E-state index contributed by atoms with van der Waals surface area (Å²) in [4.78, 5) is 22.3. The molecule has 106 valence electrons. The third-order valence-electron chi connectivity index (χ3n) is 3.29. The van der Waals surface area contributed by atoms with E-state index in [9.17, 15) is 9.59 Å². The summed E-state index contributed by atoms with van der Waals surface area (Å²) in [7, 11) is 0. The van der Waals surface area contributed by atoms with Gasteiger partial charge in [-0.1, -0.05) is 45.4 Å². The van der Waals surface area contributed by atoms with Crippen LogP contribution in [-0.2, 0) is 9.59 Å². The molecule has 0 aliphatic heterocycles. The average Bonchev–Trinajstić information content (AvgIpc) is 2.33. The van der Waals surface area contributed by atoms with E-state index in [1.54, 1.807) is 6.92 Å². The summed E-state index contributed by atoms with van der Waals surface area (Å²) >= 11 is 0. The fourth-order valence-corrected chi connectivity index (χ4v) is 2.10. The predicted octanol–water partition coefficient (Wildman–Crippen LogP) is 4.85. The first-order valence-electron chi connectivity index (χ1n) is 7.68. The summed E-state index contributed by atoms with van der Waals surface area (Å²) in [5, 5.41) is 0. The van der Waals surface area contributed by atoms with Crippen LogP contribution in [0.15, 0.2) is 0 Å². The van der Waals surface area contributed by atoms with Crippen molar-refractivity contribution < 1.29 is 9.59 Å². The van der Waals surface area contributed by atoms with Gasteiger partial charge in [0.05, 0.1) is 0 Å². The molecule has 0 radical (unpaired) electrons. The van der Waals surface area contributed by atoms with Gasteiger partial charge >= 0.3 is 0 Å². The van der Waals surface area contributed by atoms with Gasteiger partial charge in [0, 0.05) is 19.3 Å². The molecular formula is C16H30O2. The SMILES string of the molecule is CCCCCCCC(=O)CCCCCCC(C)=O. The van der Waals surface area contributed by atoms with Gasteiger partial charge in [0.25, 0.3) is 0 Å². The summed E-state index contributed by atoms with van der Waals surface area (Å²) < 4.78 is 0. The molecule has 0 unspecified atom stereocenters. The standard InChI is InChI=1S/C16H30O2/c1-3-4-5-6-10-13-16(18)14-11-8-7-9-12-15(2)17/h3-14H2,1-2H3. The van der Waals surface area contributed by atoms with Gasteiger partial charge in [-0.05, 0) is 26.2 Å². The molecule has 0 aliphatic carbocycles. The van der Waals surface area contributed by atoms with E-state index in [2.05, 4.69) is 6.92 Å². The van der Waals surface area contributed by atoms with Gasteiger partial charge in [0.1, 0.15) is 11.6 Å². The number of carbonyl (C=O) groups is 2. The van der Waals surface area contributed by atoms with E-state index in [1.165, 1.54) is 25.7 Å². The molecule has 2 nitrogen and oxygen atoms in total. The Labute approximate surface area is 113 Å². The average molecular weight is 254 g/mol. The van der Waals surface area contributed by atoms with Gasteiger partial charge in [0.2, 0.25) is 0 Å². The van der Waals surface area contributed by atoms with Crippen molar-refractivity contribution in [3.63, 3.8) is 0 Å². The van der Waals surface area contributed by atoms with Crippen molar-refractivity contribution >= 4 is 11.6 Å². The third kappa shape index (κ3) is 13.4. The second-order valence-electron chi connectivity index (χ2n) is 5.32. The molecule has 0 spiro atoms. The molecule has 0 saturated carbocycles. The minimum Gasteiger partial charge on any atom is -0.300 e. The topological polar surface area (TPSA) is 34.1 Å². The van der Waals surface area contributed by atoms with Crippen molar-refractivity contribution in [2.24, 2.45) is 0 Å². The van der Waals surface area contributed by atoms with Crippen molar-refractivity contribution in [1.29, 1.82) is 0 Å². The highest BCUT2D eigenvalue weighted by Crippen LogP contribution is 2.10. The molecule has 0 amide bonds. The van der Waals surface area contributed by atoms with Crippen LogP contribution in [0.5, 0.6) is 0 Å². The van der Waals surface area contributed by atoms with Crippen LogP contribution in [0.1, 0.15) is 90.9 Å². The first-order valence-corrected chi connectivity index (χ1v) is 7.68. The molecule has 18 heavy (non-hydrogen) atoms. The van der Waals surface area contributed by atoms with Gasteiger partial charge in [-0.2, -0.15) is 0 Å². The monoisotopic (exact) mass is 254 g/mol. The molecule has 0 aromatic heterocycles. The molecule has 0 N–H and O–H groups in total. The van der Waals surface area contributed by atoms with E-state index in [-0.39, 0.29) is 5.78 Å². The molecule has 0 atom stereocenters. The second kappa shape index (κ2) is 12.8. The Balaban J connectivity index is 3.19. The lowest BCUT2D eigenvalue weighted by molar-refractivity contribution is -0.119. The summed E-state index contributed by atoms with van der Waals surface area (Å²) in [6.45, 7) is 3.85. The van der Waals surface area contributed by atoms with Crippen LogP contribution < -0.4 is 0 Å². The minimum absolute atomic E-state index is 0.276. The van der Waals surface area contributed by atoms with Crippen LogP contribution in [0.2, 0.25) is 0 Å². The largest absolute Gasteiger partial charge is 0.300 e. The van der Waals surface area contributed by atoms with Crippen molar-refractivity contribution in [2.45, 2.75) is 90.9 Å². The van der Waals surface area contributed by atoms with E-state index < -0.39 is 0 Å². The quantitative estimate of drug-likeness (QED) is 0.440. The van der Waals surface area contributed by atoms with Gasteiger partial charge in [0.15, 0.2) is 0 Å². The fraction of sp³-hybridized carbons (Fsp3) is 0.875. The van der Waals surface area contributed by atoms with Crippen molar-refractivity contribution in [2.75, 3.05) is 0 Å². The molecule has 0 heterocycles. The maximum Gasteiger partial charge on any atom is 0.132 e. The van der Waals surface area contributed by atoms with Crippen LogP contribution in [0.25, 0.3) is 0 Å². The predicted molar refractivity (Wildman–Crippen MR) is 76.8 cm³/mol. The van der Waals surface area contributed by atoms with Crippen LogP contribution in [-0.4, -0.2) is 11.6 Å². The molecule has 0 aliphatic rings. The fourth-order valence-electron chi connectivity index (χ4n) is 2.10. The lowest BCUT2D eigenvalue weighted by atomic mass is 10.0. The Morgan fingerprint density at radius 2 is 1.11 bits per heavy atom. The van der Waals surface area contributed by atoms with Crippen LogP contribution >= 0.6 is 0 Å². The Kier molecular flexibility index (Phi) is 12.3. The number of ketones is 2. The van der Waals surface area contributed by atoms with Gasteiger partial charge in [-0.3, -0.25) is 4.79 Å². The number of hydrogen-bond acceptors (Lipinski definition) is 2. The molecule has 0 fully saturated rings. The van der Waals surface area contributed by atoms with Crippen molar-refractivity contribution in [3.8, 4) is 0 Å². The summed E-state index contributed by atoms with van der Waals surface area (Å²) in [5.41, 5.74) is 0. The molecule has 0 aromatic carbocycles. The van der Waals surface area contributed by atoms with Crippen LogP contribution in [0, 0.1) is 0 Å². The van der Waals surface area contributed by atoms with E-state index in [0.29, 0.717) is 12.2 Å². The first kappa shape index (κ1) is 17.3. The maximum atomic E-state index is 11.6. The first-order chi connectivity index (χ1) is 8.66. The van der Waals surface area contributed by atoms with Gasteiger partial charge in [-0.25, -0.2) is 0 Å². The van der Waals surface area contributed by atoms with Crippen molar-refractivity contribution in [1.82, 2.24) is 0 Å². The highest BCUT2D eigenvalue weighted by Gasteiger charge is 2.02. The Morgan fingerprint density at radius 3 is 1.56 bits per heavy atom. The Morgan fingerprint density at radius 1 is 0.667 bits per heavy atom. The normalized spacial score (nSPS) is 10.6. The zero-order chi connectivity index (χ0) is 13.6. The molecule has 0 saturated heterocycles. The Hall–Kier alpha value is -0.660. The highest BCUT2D eigenvalue weighted by molar-refractivity contribution is 5.78. The van der Waals surface area contributed by atoms with Gasteiger partial charge in [-0.15, -0.1) is 0 Å². The summed E-state index contributed by atoms with van der Waals surface area (Å²) in [5.74, 6) is 0.705. The molecule has 0 bridgehead atoms. The number of Topliss-reactive ketones (excluding diaryl/α,β-unsaturated/α-hetero) is 2. The molecular weight excluding hydrogens is 224 g/mol. The molecule has 0 aromatic rings. The number of rotatable bonds is 13. The zero-order valence-electron chi connectivity index (χ0n) is 12.3. The summed E-state index contributed by atoms with van der Waals surface area (Å²) in [6, 6.07) is 0. The van der Waals surface area contributed by atoms with E-state index in [1.807, 2.05) is 0 Å². The van der Waals surface area contributed by atoms with E-state index in [4.69, 9.17) is 0 Å². The number of unbranched alkanes of at least 4 members (excludes halogenated alkanes) is 7. The lowest BCUT2D eigenvalue weighted by Crippen LogP contribution is -1.98.